The zero-order chi connectivity index (χ0) is 31.2. The Bertz CT molecular complexity index is 2430. The van der Waals surface area contributed by atoms with E-state index in [-0.39, 0.29) is 0 Å². The topological polar surface area (TPSA) is 25.8 Å². The number of rotatable bonds is 5. The lowest BCUT2D eigenvalue weighted by Crippen LogP contribution is -1.97. The largest absolute Gasteiger partial charge is 0.228 e. The van der Waals surface area contributed by atoms with Crippen molar-refractivity contribution in [2.75, 3.05) is 0 Å². The molecule has 1 aromatic heterocycles. The van der Waals surface area contributed by atoms with Gasteiger partial charge in [-0.3, -0.25) is 0 Å². The zero-order valence-electron chi connectivity index (χ0n) is 25.8. The van der Waals surface area contributed by atoms with Gasteiger partial charge in [-0.2, -0.15) is 0 Å². The molecule has 2 heteroatoms. The first-order valence-corrected chi connectivity index (χ1v) is 16.1. The first-order chi connectivity index (χ1) is 23.3. The molecule has 1 heterocycles. The van der Waals surface area contributed by atoms with E-state index in [1.54, 1.807) is 0 Å². The zero-order valence-corrected chi connectivity index (χ0v) is 25.8. The van der Waals surface area contributed by atoms with Crippen LogP contribution in [0.15, 0.2) is 170 Å². The van der Waals surface area contributed by atoms with Gasteiger partial charge in [0.2, 0.25) is 0 Å². The van der Waals surface area contributed by atoms with Crippen LogP contribution >= 0.6 is 0 Å². The lowest BCUT2D eigenvalue weighted by molar-refractivity contribution is 1.18. The summed E-state index contributed by atoms with van der Waals surface area (Å²) in [6.07, 6.45) is 0.978. The van der Waals surface area contributed by atoms with Crippen molar-refractivity contribution in [3.8, 4) is 67.3 Å². The Morgan fingerprint density at radius 1 is 0.319 bits per heavy atom. The lowest BCUT2D eigenvalue weighted by atomic mass is 9.91. The third kappa shape index (κ3) is 4.83. The summed E-state index contributed by atoms with van der Waals surface area (Å²) in [4.78, 5) is 10.4. The summed E-state index contributed by atoms with van der Waals surface area (Å²) in [5, 5.41) is 2.39. The Hall–Kier alpha value is -6.12. The summed E-state index contributed by atoms with van der Waals surface area (Å²) in [6.45, 7) is 0. The van der Waals surface area contributed by atoms with Crippen molar-refractivity contribution in [3.05, 3.63) is 181 Å². The standard InChI is InChI=1S/C45H30N2/c1-3-13-30(14-4-1)35-18-9-12-22-41(35)43-29-44(47-45(46-43)31-15-5-2-6-16-31)42-26-25-37(39-20-10-11-21-40(39)42)33-23-24-38-34(28-33)27-32-17-7-8-19-36(32)38/h1-26,28-29H,27H2. The van der Waals surface area contributed by atoms with Crippen LogP contribution in [0, 0.1) is 0 Å². The van der Waals surface area contributed by atoms with Gasteiger partial charge >= 0.3 is 0 Å². The van der Waals surface area contributed by atoms with Crippen LogP contribution in [-0.4, -0.2) is 9.97 Å². The molecule has 0 fully saturated rings. The predicted molar refractivity (Wildman–Crippen MR) is 195 cm³/mol. The van der Waals surface area contributed by atoms with Gasteiger partial charge in [-0.15, -0.1) is 0 Å². The van der Waals surface area contributed by atoms with Crippen LogP contribution in [0.25, 0.3) is 78.1 Å². The van der Waals surface area contributed by atoms with Crippen LogP contribution in [-0.2, 0) is 6.42 Å². The summed E-state index contributed by atoms with van der Waals surface area (Å²) in [5.74, 6) is 0.715. The minimum atomic E-state index is 0.715. The van der Waals surface area contributed by atoms with Crippen LogP contribution < -0.4 is 0 Å². The first kappa shape index (κ1) is 27.2. The smallest absolute Gasteiger partial charge is 0.160 e. The Morgan fingerprint density at radius 3 is 1.62 bits per heavy atom. The highest BCUT2D eigenvalue weighted by Crippen LogP contribution is 2.42. The summed E-state index contributed by atoms with van der Waals surface area (Å²) >= 11 is 0. The van der Waals surface area contributed by atoms with Gasteiger partial charge in [-0.1, -0.05) is 164 Å². The molecule has 0 bridgehead atoms. The Morgan fingerprint density at radius 2 is 0.851 bits per heavy atom. The van der Waals surface area contributed by atoms with Crippen molar-refractivity contribution < 1.29 is 0 Å². The van der Waals surface area contributed by atoms with Gasteiger partial charge in [0.1, 0.15) is 0 Å². The molecule has 0 radical (unpaired) electrons. The first-order valence-electron chi connectivity index (χ1n) is 16.1. The van der Waals surface area contributed by atoms with Crippen molar-refractivity contribution in [3.63, 3.8) is 0 Å². The summed E-state index contributed by atoms with van der Waals surface area (Å²) in [6, 6.07) is 60.4. The fraction of sp³-hybridized carbons (Fsp3) is 0.0222. The number of aromatic nitrogens is 2. The maximum atomic E-state index is 5.21. The van der Waals surface area contributed by atoms with Gasteiger partial charge in [-0.25, -0.2) is 9.97 Å². The van der Waals surface area contributed by atoms with Crippen LogP contribution in [0.2, 0.25) is 0 Å². The molecule has 9 rings (SSSR count). The third-order valence-corrected chi connectivity index (χ3v) is 9.35. The highest BCUT2D eigenvalue weighted by molar-refractivity contribution is 6.05. The number of nitrogens with zero attached hydrogens (tertiary/aromatic N) is 2. The number of benzene rings is 7. The second-order valence-corrected chi connectivity index (χ2v) is 12.2. The predicted octanol–water partition coefficient (Wildman–Crippen LogP) is 11.5. The molecule has 2 nitrogen and oxygen atoms in total. The van der Waals surface area contributed by atoms with E-state index >= 15 is 0 Å². The van der Waals surface area contributed by atoms with Crippen molar-refractivity contribution in [1.82, 2.24) is 9.97 Å². The van der Waals surface area contributed by atoms with Crippen molar-refractivity contribution in [1.29, 1.82) is 0 Å². The molecule has 47 heavy (non-hydrogen) atoms. The minimum absolute atomic E-state index is 0.715. The Labute approximate surface area is 274 Å². The van der Waals surface area contributed by atoms with Crippen molar-refractivity contribution in [2.24, 2.45) is 0 Å². The van der Waals surface area contributed by atoms with E-state index in [9.17, 15) is 0 Å². The molecular weight excluding hydrogens is 569 g/mol. The molecule has 0 amide bonds. The van der Waals surface area contributed by atoms with Gasteiger partial charge in [0, 0.05) is 16.7 Å². The number of hydrogen-bond donors (Lipinski definition) is 0. The van der Waals surface area contributed by atoms with E-state index in [0.717, 1.165) is 45.6 Å². The fourth-order valence-electron chi connectivity index (χ4n) is 7.10. The van der Waals surface area contributed by atoms with Crippen LogP contribution in [0.4, 0.5) is 0 Å². The lowest BCUT2D eigenvalue weighted by Gasteiger charge is -2.15. The van der Waals surface area contributed by atoms with Crippen LogP contribution in [0.5, 0.6) is 0 Å². The van der Waals surface area contributed by atoms with E-state index in [1.165, 1.54) is 44.2 Å². The fourth-order valence-corrected chi connectivity index (χ4v) is 7.10. The van der Waals surface area contributed by atoms with Gasteiger partial charge < -0.3 is 0 Å². The third-order valence-electron chi connectivity index (χ3n) is 9.35. The molecule has 1 aliphatic rings. The number of hydrogen-bond acceptors (Lipinski definition) is 2. The maximum Gasteiger partial charge on any atom is 0.160 e. The minimum Gasteiger partial charge on any atom is -0.228 e. The van der Waals surface area contributed by atoms with E-state index in [1.807, 2.05) is 18.2 Å². The molecule has 0 spiro atoms. The van der Waals surface area contributed by atoms with E-state index < -0.39 is 0 Å². The molecule has 0 saturated carbocycles. The maximum absolute atomic E-state index is 5.21. The summed E-state index contributed by atoms with van der Waals surface area (Å²) in [7, 11) is 0. The van der Waals surface area contributed by atoms with Gasteiger partial charge in [0.15, 0.2) is 5.82 Å². The Kier molecular flexibility index (Phi) is 6.57. The average Bonchev–Trinajstić information content (AvgIpc) is 3.53. The molecule has 7 aromatic carbocycles. The van der Waals surface area contributed by atoms with E-state index in [2.05, 4.69) is 152 Å². The van der Waals surface area contributed by atoms with Crippen molar-refractivity contribution >= 4 is 10.8 Å². The van der Waals surface area contributed by atoms with Crippen LogP contribution in [0.3, 0.4) is 0 Å². The summed E-state index contributed by atoms with van der Waals surface area (Å²) in [5.41, 5.74) is 15.3. The molecule has 1 aliphatic carbocycles. The molecular formula is C45H30N2. The van der Waals surface area contributed by atoms with Crippen LogP contribution in [0.1, 0.15) is 11.1 Å². The normalized spacial score (nSPS) is 11.7. The van der Waals surface area contributed by atoms with Crippen molar-refractivity contribution in [2.45, 2.75) is 6.42 Å². The van der Waals surface area contributed by atoms with Gasteiger partial charge in [0.05, 0.1) is 11.4 Å². The second kappa shape index (κ2) is 11.3. The highest BCUT2D eigenvalue weighted by Gasteiger charge is 2.20. The molecule has 0 N–H and O–H groups in total. The summed E-state index contributed by atoms with van der Waals surface area (Å²) < 4.78 is 0. The monoisotopic (exact) mass is 598 g/mol. The highest BCUT2D eigenvalue weighted by atomic mass is 14.9. The molecule has 220 valence electrons. The van der Waals surface area contributed by atoms with Gasteiger partial charge in [-0.05, 0) is 67.8 Å². The van der Waals surface area contributed by atoms with E-state index in [0.29, 0.717) is 5.82 Å². The second-order valence-electron chi connectivity index (χ2n) is 12.2. The number of fused-ring (bicyclic) bond motifs is 4. The quantitative estimate of drug-likeness (QED) is 0.197. The Balaban J connectivity index is 1.22. The average molecular weight is 599 g/mol. The molecule has 0 unspecified atom stereocenters. The van der Waals surface area contributed by atoms with E-state index in [4.69, 9.17) is 9.97 Å². The molecule has 0 saturated heterocycles. The SMILES string of the molecule is c1ccc(-c2nc(-c3ccccc3-c3ccccc3)cc(-c3ccc(-c4ccc5c(c4)Cc4ccccc4-5)c4ccccc34)n2)cc1. The molecule has 8 aromatic rings. The molecule has 0 atom stereocenters. The van der Waals surface area contributed by atoms with Gasteiger partial charge in [0.25, 0.3) is 0 Å². The molecule has 0 aliphatic heterocycles.